The Labute approximate surface area is 225 Å². The van der Waals surface area contributed by atoms with Crippen molar-refractivity contribution in [2.75, 3.05) is 0 Å². The molecule has 1 aliphatic rings. The molecule has 1 heteroatoms. The van der Waals surface area contributed by atoms with Crippen molar-refractivity contribution in [1.29, 1.82) is 0 Å². The molecule has 0 aliphatic carbocycles. The van der Waals surface area contributed by atoms with E-state index in [1.54, 1.807) is 0 Å². The molecule has 0 unspecified atom stereocenters. The van der Waals surface area contributed by atoms with Crippen LogP contribution >= 0.6 is 0 Å². The lowest BCUT2D eigenvalue weighted by molar-refractivity contribution is 0.590. The minimum Gasteiger partial charge on any atom is -0.309 e. The molecule has 0 radical (unpaired) electrons. The van der Waals surface area contributed by atoms with E-state index in [0.717, 1.165) is 0 Å². The van der Waals surface area contributed by atoms with Gasteiger partial charge in [-0.15, -0.1) is 0 Å². The number of rotatable bonds is 2. The molecule has 1 aromatic heterocycles. The molecule has 186 valence electrons. The van der Waals surface area contributed by atoms with Gasteiger partial charge < -0.3 is 4.57 Å². The van der Waals surface area contributed by atoms with Gasteiger partial charge in [-0.2, -0.15) is 0 Å². The third-order valence-electron chi connectivity index (χ3n) is 8.54. The van der Waals surface area contributed by atoms with Crippen molar-refractivity contribution in [2.24, 2.45) is 0 Å². The van der Waals surface area contributed by atoms with E-state index in [2.05, 4.69) is 148 Å². The van der Waals surface area contributed by atoms with E-state index in [1.165, 1.54) is 66.4 Å². The van der Waals surface area contributed by atoms with Crippen LogP contribution in [0, 0.1) is 0 Å². The Kier molecular flexibility index (Phi) is 4.82. The first-order chi connectivity index (χ1) is 18.2. The van der Waals surface area contributed by atoms with E-state index in [0.29, 0.717) is 0 Å². The first-order valence-electron chi connectivity index (χ1n) is 13.6. The van der Waals surface area contributed by atoms with E-state index in [1.807, 2.05) is 0 Å². The number of benzene rings is 5. The summed E-state index contributed by atoms with van der Waals surface area (Å²) in [7, 11) is 0. The van der Waals surface area contributed by atoms with Gasteiger partial charge in [-0.05, 0) is 74.7 Å². The SMILES string of the molecule is CC(C)(C)c1ccc(-c2ccc3c(c2)c2cc(-c4ccccc4)cc4c2n3-c2ccccc2C4(C)C)cc1. The van der Waals surface area contributed by atoms with Crippen LogP contribution in [-0.2, 0) is 10.8 Å². The van der Waals surface area contributed by atoms with Crippen molar-refractivity contribution >= 4 is 21.8 Å². The number of hydrogen-bond donors (Lipinski definition) is 0. The lowest BCUT2D eigenvalue weighted by Gasteiger charge is -2.35. The van der Waals surface area contributed by atoms with Gasteiger partial charge in [-0.25, -0.2) is 0 Å². The van der Waals surface area contributed by atoms with Gasteiger partial charge >= 0.3 is 0 Å². The van der Waals surface area contributed by atoms with E-state index in [9.17, 15) is 0 Å². The van der Waals surface area contributed by atoms with E-state index < -0.39 is 0 Å². The van der Waals surface area contributed by atoms with Crippen LogP contribution in [0.3, 0.4) is 0 Å². The maximum atomic E-state index is 2.50. The minimum atomic E-state index is -0.102. The molecule has 0 atom stereocenters. The maximum Gasteiger partial charge on any atom is 0.0582 e. The quantitative estimate of drug-likeness (QED) is 0.227. The van der Waals surface area contributed by atoms with Crippen LogP contribution in [0.25, 0.3) is 49.7 Å². The monoisotopic (exact) mass is 491 g/mol. The average Bonchev–Trinajstić information content (AvgIpc) is 3.26. The minimum absolute atomic E-state index is 0.102. The van der Waals surface area contributed by atoms with E-state index in [-0.39, 0.29) is 10.8 Å². The predicted octanol–water partition coefficient (Wildman–Crippen LogP) is 10.1. The molecule has 38 heavy (non-hydrogen) atoms. The molecule has 2 heterocycles. The van der Waals surface area contributed by atoms with Crippen LogP contribution in [0.4, 0.5) is 0 Å². The number of hydrogen-bond acceptors (Lipinski definition) is 0. The largest absolute Gasteiger partial charge is 0.309 e. The van der Waals surface area contributed by atoms with Crippen molar-refractivity contribution in [3.05, 3.63) is 126 Å². The zero-order valence-electron chi connectivity index (χ0n) is 22.8. The smallest absolute Gasteiger partial charge is 0.0582 e. The van der Waals surface area contributed by atoms with Crippen molar-refractivity contribution in [1.82, 2.24) is 4.57 Å². The van der Waals surface area contributed by atoms with Crippen LogP contribution < -0.4 is 0 Å². The summed E-state index contributed by atoms with van der Waals surface area (Å²) in [5.41, 5.74) is 13.1. The number of aromatic nitrogens is 1. The molecule has 5 aromatic carbocycles. The molecule has 0 fully saturated rings. The Morgan fingerprint density at radius 1 is 0.553 bits per heavy atom. The van der Waals surface area contributed by atoms with Gasteiger partial charge in [-0.1, -0.05) is 113 Å². The van der Waals surface area contributed by atoms with Gasteiger partial charge in [-0.3, -0.25) is 0 Å². The summed E-state index contributed by atoms with van der Waals surface area (Å²) in [4.78, 5) is 0. The topological polar surface area (TPSA) is 4.93 Å². The summed E-state index contributed by atoms with van der Waals surface area (Å²) < 4.78 is 2.50. The molecule has 7 rings (SSSR count). The molecule has 0 N–H and O–H groups in total. The van der Waals surface area contributed by atoms with Gasteiger partial charge in [0.05, 0.1) is 16.7 Å². The fourth-order valence-electron chi connectivity index (χ4n) is 6.36. The highest BCUT2D eigenvalue weighted by molar-refractivity contribution is 6.13. The molecule has 0 spiro atoms. The van der Waals surface area contributed by atoms with Gasteiger partial charge in [0.2, 0.25) is 0 Å². The molecule has 6 aromatic rings. The Hall–Kier alpha value is -4.10. The molecule has 0 saturated carbocycles. The normalized spacial score (nSPS) is 14.1. The van der Waals surface area contributed by atoms with E-state index >= 15 is 0 Å². The standard InChI is InChI=1S/C37H33N/c1-36(2,3)28-18-15-25(16-19-28)26-17-20-33-29(21-26)30-22-27(24-11-7-6-8-12-24)23-32-35(30)38(33)34-14-10-9-13-31(34)37(32,4)5/h6-23H,1-5H3. The summed E-state index contributed by atoms with van der Waals surface area (Å²) in [6.45, 7) is 11.6. The fourth-order valence-corrected chi connectivity index (χ4v) is 6.36. The Morgan fingerprint density at radius 2 is 1.18 bits per heavy atom. The number of fused-ring (bicyclic) bond motifs is 5. The van der Waals surface area contributed by atoms with E-state index in [4.69, 9.17) is 0 Å². The number of para-hydroxylation sites is 1. The van der Waals surface area contributed by atoms with Gasteiger partial charge in [0.1, 0.15) is 0 Å². The third-order valence-corrected chi connectivity index (χ3v) is 8.54. The van der Waals surface area contributed by atoms with Crippen LogP contribution in [0.2, 0.25) is 0 Å². The van der Waals surface area contributed by atoms with Crippen molar-refractivity contribution in [3.8, 4) is 27.9 Å². The summed E-state index contributed by atoms with van der Waals surface area (Å²) in [5.74, 6) is 0. The zero-order valence-corrected chi connectivity index (χ0v) is 22.8. The van der Waals surface area contributed by atoms with Gasteiger partial charge in [0, 0.05) is 16.2 Å². The Morgan fingerprint density at radius 3 is 1.92 bits per heavy atom. The zero-order chi connectivity index (χ0) is 26.2. The molecule has 1 aliphatic heterocycles. The summed E-state index contributed by atoms with van der Waals surface area (Å²) >= 11 is 0. The number of nitrogens with zero attached hydrogens (tertiary/aromatic N) is 1. The summed E-state index contributed by atoms with van der Waals surface area (Å²) in [5, 5.41) is 2.64. The first-order valence-corrected chi connectivity index (χ1v) is 13.6. The molecule has 0 saturated heterocycles. The fraction of sp³-hybridized carbons (Fsp3) is 0.189. The van der Waals surface area contributed by atoms with Crippen LogP contribution in [0.5, 0.6) is 0 Å². The van der Waals surface area contributed by atoms with Crippen LogP contribution in [0.1, 0.15) is 51.3 Å². The van der Waals surface area contributed by atoms with Crippen molar-refractivity contribution < 1.29 is 0 Å². The Balaban J connectivity index is 1.55. The van der Waals surface area contributed by atoms with Gasteiger partial charge in [0.25, 0.3) is 0 Å². The first kappa shape index (κ1) is 23.0. The summed E-state index contributed by atoms with van der Waals surface area (Å²) in [6, 6.07) is 40.7. The highest BCUT2D eigenvalue weighted by atomic mass is 15.0. The average molecular weight is 492 g/mol. The van der Waals surface area contributed by atoms with Crippen LogP contribution in [-0.4, -0.2) is 4.57 Å². The molecule has 0 amide bonds. The molecular formula is C37H33N. The highest BCUT2D eigenvalue weighted by Gasteiger charge is 2.35. The summed E-state index contributed by atoms with van der Waals surface area (Å²) in [6.07, 6.45) is 0. The molecular weight excluding hydrogens is 458 g/mol. The highest BCUT2D eigenvalue weighted by Crippen LogP contribution is 2.49. The van der Waals surface area contributed by atoms with Crippen molar-refractivity contribution in [2.45, 2.75) is 45.4 Å². The Bertz CT molecular complexity index is 1840. The molecule has 0 bridgehead atoms. The second-order valence-electron chi connectivity index (χ2n) is 12.3. The second kappa shape index (κ2) is 7.95. The second-order valence-corrected chi connectivity index (χ2v) is 12.3. The maximum absolute atomic E-state index is 2.50. The third kappa shape index (κ3) is 3.31. The van der Waals surface area contributed by atoms with Crippen LogP contribution in [0.15, 0.2) is 109 Å². The lowest BCUT2D eigenvalue weighted by Crippen LogP contribution is -2.26. The molecule has 1 nitrogen and oxygen atoms in total. The van der Waals surface area contributed by atoms with Crippen molar-refractivity contribution in [3.63, 3.8) is 0 Å². The predicted molar refractivity (Wildman–Crippen MR) is 162 cm³/mol. The lowest BCUT2D eigenvalue weighted by atomic mass is 9.74. The van der Waals surface area contributed by atoms with Gasteiger partial charge in [0.15, 0.2) is 0 Å².